The van der Waals surface area contributed by atoms with Crippen LogP contribution in [0.1, 0.15) is 72.8 Å². The number of hydrogen-bond acceptors (Lipinski definition) is 3. The fraction of sp³-hybridized carbons (Fsp3) is 0.786. The molecule has 3 heterocycles. The van der Waals surface area contributed by atoms with Crippen molar-refractivity contribution in [2.45, 2.75) is 85.9 Å². The Morgan fingerprint density at radius 2 is 1.55 bits per heavy atom. The normalized spacial score (nSPS) is 19.9. The molecule has 2 fully saturated rings. The van der Waals surface area contributed by atoms with E-state index in [4.69, 9.17) is 0 Å². The molecule has 5 heteroatoms. The molecule has 2 aliphatic rings. The summed E-state index contributed by atoms with van der Waals surface area (Å²) in [7, 11) is 2.20. The molecule has 2 aliphatic heterocycles. The molecular formula is C28H49N4O+. The zero-order chi connectivity index (χ0) is 24.2. The lowest BCUT2D eigenvalue weighted by atomic mass is 9.90. The van der Waals surface area contributed by atoms with Gasteiger partial charge in [0.1, 0.15) is 0 Å². The summed E-state index contributed by atoms with van der Waals surface area (Å²) in [6.07, 6.45) is 8.75. The SMILES string of the molecule is CN(Cc1cc[n+](CC2CCN(C(=O)C3CCN(C(C)(C)C)CC3)CC2)cc1)CC(C)(C)C. The van der Waals surface area contributed by atoms with E-state index in [-0.39, 0.29) is 11.5 Å². The van der Waals surface area contributed by atoms with Crippen molar-refractivity contribution in [3.05, 3.63) is 30.1 Å². The molecule has 3 rings (SSSR count). The lowest BCUT2D eigenvalue weighted by Gasteiger charge is -2.42. The molecule has 1 amide bonds. The number of hydrogen-bond donors (Lipinski definition) is 0. The van der Waals surface area contributed by atoms with Crippen molar-refractivity contribution in [3.63, 3.8) is 0 Å². The van der Waals surface area contributed by atoms with E-state index in [2.05, 4.69) is 92.4 Å². The first-order valence-corrected chi connectivity index (χ1v) is 13.1. The number of amides is 1. The van der Waals surface area contributed by atoms with Gasteiger partial charge in [-0.15, -0.1) is 0 Å². The van der Waals surface area contributed by atoms with E-state index in [1.807, 2.05) is 0 Å². The van der Waals surface area contributed by atoms with Crippen molar-refractivity contribution < 1.29 is 9.36 Å². The van der Waals surface area contributed by atoms with Crippen LogP contribution in [0.2, 0.25) is 0 Å². The molecule has 1 aromatic heterocycles. The average Bonchev–Trinajstić information content (AvgIpc) is 2.73. The average molecular weight is 458 g/mol. The summed E-state index contributed by atoms with van der Waals surface area (Å²) in [4.78, 5) is 20.2. The molecule has 2 saturated heterocycles. The molecule has 0 radical (unpaired) electrons. The molecule has 186 valence electrons. The number of likely N-dealkylation sites (tertiary alicyclic amines) is 2. The quantitative estimate of drug-likeness (QED) is 0.600. The molecular weight excluding hydrogens is 408 g/mol. The van der Waals surface area contributed by atoms with E-state index in [1.165, 1.54) is 5.56 Å². The minimum atomic E-state index is 0.213. The molecule has 0 saturated carbocycles. The molecule has 0 N–H and O–H groups in total. The fourth-order valence-corrected chi connectivity index (χ4v) is 5.58. The summed E-state index contributed by atoms with van der Waals surface area (Å²) in [5, 5.41) is 0. The summed E-state index contributed by atoms with van der Waals surface area (Å²) in [5.74, 6) is 1.31. The number of piperidine rings is 2. The molecule has 0 atom stereocenters. The Morgan fingerprint density at radius 1 is 0.970 bits per heavy atom. The van der Waals surface area contributed by atoms with Gasteiger partial charge in [0, 0.05) is 55.7 Å². The van der Waals surface area contributed by atoms with Gasteiger partial charge in [0.05, 0.1) is 0 Å². The topological polar surface area (TPSA) is 30.7 Å². The molecule has 0 bridgehead atoms. The Labute approximate surface area is 203 Å². The Kier molecular flexibility index (Phi) is 8.60. The summed E-state index contributed by atoms with van der Waals surface area (Å²) >= 11 is 0. The third-order valence-electron chi connectivity index (χ3n) is 7.35. The van der Waals surface area contributed by atoms with Gasteiger partial charge in [0.25, 0.3) is 0 Å². The van der Waals surface area contributed by atoms with Crippen LogP contribution in [0.15, 0.2) is 24.5 Å². The van der Waals surface area contributed by atoms with Crippen molar-refractivity contribution >= 4 is 5.91 Å². The zero-order valence-corrected chi connectivity index (χ0v) is 22.4. The fourth-order valence-electron chi connectivity index (χ4n) is 5.58. The molecule has 0 spiro atoms. The highest BCUT2D eigenvalue weighted by molar-refractivity contribution is 5.79. The van der Waals surface area contributed by atoms with Crippen LogP contribution in [-0.2, 0) is 17.9 Å². The predicted octanol–water partition coefficient (Wildman–Crippen LogP) is 4.20. The Hall–Kier alpha value is -1.46. The van der Waals surface area contributed by atoms with Gasteiger partial charge in [-0.2, -0.15) is 0 Å². The number of carbonyl (C=O) groups is 1. The highest BCUT2D eigenvalue weighted by Gasteiger charge is 2.34. The second kappa shape index (κ2) is 10.9. The largest absolute Gasteiger partial charge is 0.342 e. The van der Waals surface area contributed by atoms with E-state index < -0.39 is 0 Å². The Bertz CT molecular complexity index is 746. The third kappa shape index (κ3) is 8.06. The van der Waals surface area contributed by atoms with Crippen molar-refractivity contribution in [1.82, 2.24) is 14.7 Å². The first-order valence-electron chi connectivity index (χ1n) is 13.1. The second-order valence-electron chi connectivity index (χ2n) is 12.8. The maximum Gasteiger partial charge on any atom is 0.225 e. The highest BCUT2D eigenvalue weighted by atomic mass is 16.2. The predicted molar refractivity (Wildman–Crippen MR) is 136 cm³/mol. The van der Waals surface area contributed by atoms with Crippen LogP contribution in [0.4, 0.5) is 0 Å². The van der Waals surface area contributed by atoms with Gasteiger partial charge < -0.3 is 9.80 Å². The second-order valence-corrected chi connectivity index (χ2v) is 12.8. The highest BCUT2D eigenvalue weighted by Crippen LogP contribution is 2.27. The zero-order valence-electron chi connectivity index (χ0n) is 22.4. The standard InChI is InChI=1S/C28H49N4O/c1-27(2,3)22-29(7)20-23-8-14-30(15-9-23)21-24-10-16-31(17-11-24)26(33)25-12-18-32(19-13-25)28(4,5)6/h8-9,14-15,24-25H,10-13,16-22H2,1-7H3/q+1. The van der Waals surface area contributed by atoms with Crippen LogP contribution in [0, 0.1) is 17.3 Å². The van der Waals surface area contributed by atoms with Crippen molar-refractivity contribution in [1.29, 1.82) is 0 Å². The van der Waals surface area contributed by atoms with Gasteiger partial charge in [-0.3, -0.25) is 9.69 Å². The van der Waals surface area contributed by atoms with Crippen LogP contribution < -0.4 is 4.57 Å². The first kappa shape index (κ1) is 26.2. The first-order chi connectivity index (χ1) is 15.4. The van der Waals surface area contributed by atoms with Crippen LogP contribution in [-0.4, -0.2) is 65.9 Å². The van der Waals surface area contributed by atoms with Gasteiger partial charge in [-0.25, -0.2) is 4.57 Å². The van der Waals surface area contributed by atoms with E-state index in [1.54, 1.807) is 0 Å². The van der Waals surface area contributed by atoms with Crippen LogP contribution in [0.25, 0.3) is 0 Å². The molecule has 0 unspecified atom stereocenters. The summed E-state index contributed by atoms with van der Waals surface area (Å²) in [5.41, 5.74) is 1.91. The van der Waals surface area contributed by atoms with E-state index >= 15 is 0 Å². The van der Waals surface area contributed by atoms with Gasteiger partial charge >= 0.3 is 0 Å². The molecule has 1 aromatic rings. The van der Waals surface area contributed by atoms with Crippen molar-refractivity contribution in [2.75, 3.05) is 39.8 Å². The van der Waals surface area contributed by atoms with E-state index in [9.17, 15) is 4.79 Å². The number of carbonyl (C=O) groups excluding carboxylic acids is 1. The lowest BCUT2D eigenvalue weighted by molar-refractivity contribution is -0.703. The molecule has 33 heavy (non-hydrogen) atoms. The smallest absolute Gasteiger partial charge is 0.225 e. The number of rotatable bonds is 6. The monoisotopic (exact) mass is 457 g/mol. The lowest BCUT2D eigenvalue weighted by Crippen LogP contribution is -2.50. The maximum absolute atomic E-state index is 13.1. The Balaban J connectivity index is 1.41. The van der Waals surface area contributed by atoms with Gasteiger partial charge in [-0.05, 0) is 77.6 Å². The summed E-state index contributed by atoms with van der Waals surface area (Å²) in [6, 6.07) is 4.53. The van der Waals surface area contributed by atoms with Crippen LogP contribution in [0.3, 0.4) is 0 Å². The molecule has 5 nitrogen and oxygen atoms in total. The number of aromatic nitrogens is 1. The molecule has 0 aromatic carbocycles. The maximum atomic E-state index is 13.1. The minimum Gasteiger partial charge on any atom is -0.342 e. The van der Waals surface area contributed by atoms with Crippen LogP contribution >= 0.6 is 0 Å². The van der Waals surface area contributed by atoms with Crippen LogP contribution in [0.5, 0.6) is 0 Å². The summed E-state index contributed by atoms with van der Waals surface area (Å²) in [6.45, 7) is 20.8. The van der Waals surface area contributed by atoms with Crippen molar-refractivity contribution in [2.24, 2.45) is 17.3 Å². The molecule has 0 aliphatic carbocycles. The van der Waals surface area contributed by atoms with Gasteiger partial charge in [0.2, 0.25) is 5.91 Å². The minimum absolute atomic E-state index is 0.213. The van der Waals surface area contributed by atoms with E-state index in [0.29, 0.717) is 17.2 Å². The third-order valence-corrected chi connectivity index (χ3v) is 7.35. The summed E-state index contributed by atoms with van der Waals surface area (Å²) < 4.78 is 2.33. The van der Waals surface area contributed by atoms with E-state index in [0.717, 1.165) is 71.5 Å². The van der Waals surface area contributed by atoms with Gasteiger partial charge in [-0.1, -0.05) is 20.8 Å². The van der Waals surface area contributed by atoms with Crippen molar-refractivity contribution in [3.8, 4) is 0 Å². The van der Waals surface area contributed by atoms with Gasteiger partial charge in [0.15, 0.2) is 18.9 Å². The number of nitrogens with zero attached hydrogens (tertiary/aromatic N) is 4. The number of pyridine rings is 1. The Morgan fingerprint density at radius 3 is 2.06 bits per heavy atom.